The van der Waals surface area contributed by atoms with Crippen LogP contribution in [0.2, 0.25) is 0 Å². The second-order valence-electron chi connectivity index (χ2n) is 6.16. The summed E-state index contributed by atoms with van der Waals surface area (Å²) in [7, 11) is 1.58. The summed E-state index contributed by atoms with van der Waals surface area (Å²) in [6.45, 7) is 2.31. The Morgan fingerprint density at radius 3 is 2.61 bits per heavy atom. The van der Waals surface area contributed by atoms with Gasteiger partial charge in [0.1, 0.15) is 11.6 Å². The molecule has 0 aliphatic heterocycles. The number of hydrogen-bond acceptors (Lipinski definition) is 5. The molecule has 0 saturated heterocycles. The molecule has 0 bridgehead atoms. The third-order valence-corrected chi connectivity index (χ3v) is 4.24. The predicted octanol–water partition coefficient (Wildman–Crippen LogP) is 3.55. The van der Waals surface area contributed by atoms with Crippen LogP contribution in [0.25, 0.3) is 10.9 Å². The lowest BCUT2D eigenvalue weighted by molar-refractivity contribution is 0.190. The number of hydrazone groups is 1. The standard InChI is InChI=1S/C20H20F2N4O2/c1-13(18-15(21)8-5-9-16(18)22)24-25-20-23-17-10-4-3-7-14(17)19(27)26(20)11-6-12-28-2/h3-5,7-10H,6,11-12H2,1-2H3,(H,23,25)/b24-13-. The van der Waals surface area contributed by atoms with E-state index < -0.39 is 11.6 Å². The summed E-state index contributed by atoms with van der Waals surface area (Å²) >= 11 is 0. The molecule has 0 aliphatic rings. The Bertz CT molecular complexity index is 1060. The van der Waals surface area contributed by atoms with Gasteiger partial charge in [-0.3, -0.25) is 9.36 Å². The van der Waals surface area contributed by atoms with Crippen molar-refractivity contribution in [2.24, 2.45) is 5.10 Å². The smallest absolute Gasteiger partial charge is 0.262 e. The maximum atomic E-state index is 14.0. The molecule has 0 spiro atoms. The fourth-order valence-electron chi connectivity index (χ4n) is 2.86. The molecule has 0 fully saturated rings. The highest BCUT2D eigenvalue weighted by molar-refractivity contribution is 5.99. The largest absolute Gasteiger partial charge is 0.385 e. The molecular formula is C20H20F2N4O2. The minimum atomic E-state index is -0.716. The van der Waals surface area contributed by atoms with Gasteiger partial charge >= 0.3 is 0 Å². The van der Waals surface area contributed by atoms with Gasteiger partial charge in [0.2, 0.25) is 5.95 Å². The normalized spacial score (nSPS) is 11.8. The van der Waals surface area contributed by atoms with Gasteiger partial charge in [0.15, 0.2) is 0 Å². The van der Waals surface area contributed by atoms with Crippen LogP contribution in [-0.2, 0) is 11.3 Å². The van der Waals surface area contributed by atoms with Gasteiger partial charge in [-0.2, -0.15) is 5.10 Å². The van der Waals surface area contributed by atoms with Gasteiger partial charge in [-0.1, -0.05) is 18.2 Å². The average Bonchev–Trinajstić information content (AvgIpc) is 2.68. The third-order valence-electron chi connectivity index (χ3n) is 4.24. The Kier molecular flexibility index (Phi) is 6.10. The zero-order valence-electron chi connectivity index (χ0n) is 15.6. The lowest BCUT2D eigenvalue weighted by Gasteiger charge is -2.13. The van der Waals surface area contributed by atoms with Crippen LogP contribution in [0.1, 0.15) is 18.9 Å². The van der Waals surface area contributed by atoms with Gasteiger partial charge in [-0.25, -0.2) is 19.2 Å². The van der Waals surface area contributed by atoms with Crippen molar-refractivity contribution in [3.63, 3.8) is 0 Å². The first kappa shape index (κ1) is 19.6. The average molecular weight is 386 g/mol. The Balaban J connectivity index is 2.01. The van der Waals surface area contributed by atoms with Gasteiger partial charge in [0.25, 0.3) is 5.56 Å². The Morgan fingerprint density at radius 2 is 1.89 bits per heavy atom. The van der Waals surface area contributed by atoms with Gasteiger partial charge in [0, 0.05) is 20.3 Å². The lowest BCUT2D eigenvalue weighted by Crippen LogP contribution is -2.25. The molecular weight excluding hydrogens is 366 g/mol. The fourth-order valence-corrected chi connectivity index (χ4v) is 2.86. The molecule has 3 aromatic rings. The summed E-state index contributed by atoms with van der Waals surface area (Å²) in [6.07, 6.45) is 0.593. The second-order valence-corrected chi connectivity index (χ2v) is 6.16. The summed E-state index contributed by atoms with van der Waals surface area (Å²) < 4.78 is 34.4. The number of para-hydroxylation sites is 1. The molecule has 1 N–H and O–H groups in total. The van der Waals surface area contributed by atoms with Crippen molar-refractivity contribution in [3.8, 4) is 0 Å². The van der Waals surface area contributed by atoms with Gasteiger partial charge in [-0.15, -0.1) is 0 Å². The molecule has 0 aliphatic carbocycles. The predicted molar refractivity (Wildman–Crippen MR) is 105 cm³/mol. The van der Waals surface area contributed by atoms with Crippen molar-refractivity contribution < 1.29 is 13.5 Å². The van der Waals surface area contributed by atoms with Gasteiger partial charge in [0.05, 0.1) is 22.2 Å². The topological polar surface area (TPSA) is 68.5 Å². The first-order valence-corrected chi connectivity index (χ1v) is 8.76. The highest BCUT2D eigenvalue weighted by atomic mass is 19.1. The second kappa shape index (κ2) is 8.71. The molecule has 0 saturated carbocycles. The summed E-state index contributed by atoms with van der Waals surface area (Å²) in [4.78, 5) is 17.3. The molecule has 3 rings (SSSR count). The van der Waals surface area contributed by atoms with E-state index in [0.29, 0.717) is 30.5 Å². The van der Waals surface area contributed by atoms with Crippen molar-refractivity contribution in [3.05, 3.63) is 70.0 Å². The van der Waals surface area contributed by atoms with Crippen LogP contribution in [0.5, 0.6) is 0 Å². The number of hydrogen-bond donors (Lipinski definition) is 1. The van der Waals surface area contributed by atoms with E-state index in [2.05, 4.69) is 15.5 Å². The van der Waals surface area contributed by atoms with Crippen LogP contribution < -0.4 is 11.0 Å². The van der Waals surface area contributed by atoms with Crippen molar-refractivity contribution in [1.82, 2.24) is 9.55 Å². The van der Waals surface area contributed by atoms with Crippen molar-refractivity contribution in [2.75, 3.05) is 19.1 Å². The monoisotopic (exact) mass is 386 g/mol. The fraction of sp³-hybridized carbons (Fsp3) is 0.250. The van der Waals surface area contributed by atoms with Crippen molar-refractivity contribution in [1.29, 1.82) is 0 Å². The molecule has 0 unspecified atom stereocenters. The van der Waals surface area contributed by atoms with E-state index in [-0.39, 0.29) is 22.8 Å². The van der Waals surface area contributed by atoms with Crippen LogP contribution in [0.3, 0.4) is 0 Å². The first-order chi connectivity index (χ1) is 13.5. The Morgan fingerprint density at radius 1 is 1.18 bits per heavy atom. The molecule has 1 heterocycles. The number of nitrogens with zero attached hydrogens (tertiary/aromatic N) is 3. The molecule has 0 amide bonds. The van der Waals surface area contributed by atoms with Crippen molar-refractivity contribution >= 4 is 22.6 Å². The van der Waals surface area contributed by atoms with E-state index in [4.69, 9.17) is 4.74 Å². The van der Waals surface area contributed by atoms with E-state index >= 15 is 0 Å². The SMILES string of the molecule is COCCCn1c(N/N=C(/C)c2c(F)cccc2F)nc2ccccc2c1=O. The van der Waals surface area contributed by atoms with Crippen LogP contribution in [0.15, 0.2) is 52.4 Å². The van der Waals surface area contributed by atoms with E-state index in [0.717, 1.165) is 12.1 Å². The zero-order chi connectivity index (χ0) is 20.1. The van der Waals surface area contributed by atoms with E-state index in [1.165, 1.54) is 17.6 Å². The maximum absolute atomic E-state index is 14.0. The third kappa shape index (κ3) is 4.07. The summed E-state index contributed by atoms with van der Waals surface area (Å²) in [5, 5.41) is 4.53. The van der Waals surface area contributed by atoms with E-state index in [9.17, 15) is 13.6 Å². The molecule has 2 aromatic carbocycles. The number of halogens is 2. The first-order valence-electron chi connectivity index (χ1n) is 8.76. The number of aromatic nitrogens is 2. The highest BCUT2D eigenvalue weighted by Crippen LogP contribution is 2.15. The molecule has 8 heteroatoms. The summed E-state index contributed by atoms with van der Waals surface area (Å²) in [6, 6.07) is 10.6. The van der Waals surface area contributed by atoms with Crippen molar-refractivity contribution in [2.45, 2.75) is 19.9 Å². The van der Waals surface area contributed by atoms with Gasteiger partial charge < -0.3 is 4.74 Å². The number of nitrogens with one attached hydrogen (secondary N) is 1. The Labute approximate surface area is 160 Å². The van der Waals surface area contributed by atoms with Crippen LogP contribution in [-0.4, -0.2) is 29.0 Å². The molecule has 0 radical (unpaired) electrons. The number of rotatable bonds is 7. The maximum Gasteiger partial charge on any atom is 0.262 e. The highest BCUT2D eigenvalue weighted by Gasteiger charge is 2.13. The quantitative estimate of drug-likeness (QED) is 0.383. The van der Waals surface area contributed by atoms with E-state index in [1.807, 2.05) is 0 Å². The minimum absolute atomic E-state index is 0.0986. The number of ether oxygens (including phenoxy) is 1. The molecule has 146 valence electrons. The zero-order valence-corrected chi connectivity index (χ0v) is 15.6. The molecule has 0 atom stereocenters. The summed E-state index contributed by atoms with van der Waals surface area (Å²) in [5.74, 6) is -1.24. The number of fused-ring (bicyclic) bond motifs is 1. The van der Waals surface area contributed by atoms with Crippen LogP contribution in [0.4, 0.5) is 14.7 Å². The minimum Gasteiger partial charge on any atom is -0.385 e. The molecule has 28 heavy (non-hydrogen) atoms. The van der Waals surface area contributed by atoms with E-state index in [1.54, 1.807) is 31.4 Å². The summed E-state index contributed by atoms with van der Waals surface area (Å²) in [5.41, 5.74) is 2.83. The number of benzene rings is 2. The van der Waals surface area contributed by atoms with Crippen LogP contribution in [0, 0.1) is 11.6 Å². The molecule has 6 nitrogen and oxygen atoms in total. The number of methoxy groups -OCH3 is 1. The lowest BCUT2D eigenvalue weighted by atomic mass is 10.1. The Hall–Kier alpha value is -3.13. The number of anilines is 1. The molecule has 1 aromatic heterocycles. The van der Waals surface area contributed by atoms with Crippen LogP contribution >= 0.6 is 0 Å². The van der Waals surface area contributed by atoms with Gasteiger partial charge in [-0.05, 0) is 37.6 Å².